The van der Waals surface area contributed by atoms with E-state index in [-0.39, 0.29) is 0 Å². The lowest BCUT2D eigenvalue weighted by molar-refractivity contribution is -0.134. The van der Waals surface area contributed by atoms with Crippen LogP contribution in [0.5, 0.6) is 0 Å². The predicted molar refractivity (Wildman–Crippen MR) is 83.4 cm³/mol. The summed E-state index contributed by atoms with van der Waals surface area (Å²) in [7, 11) is 0. The van der Waals surface area contributed by atoms with E-state index in [1.807, 2.05) is 18.3 Å². The van der Waals surface area contributed by atoms with Crippen LogP contribution in [0.2, 0.25) is 5.15 Å². The number of aliphatic carboxylic acids is 2. The maximum Gasteiger partial charge on any atom is 0.328 e. The molecule has 22 heavy (non-hydrogen) atoms. The number of nitrogens with zero attached hydrogens (tertiary/aromatic N) is 2. The van der Waals surface area contributed by atoms with E-state index >= 15 is 0 Å². The van der Waals surface area contributed by atoms with Crippen molar-refractivity contribution in [3.63, 3.8) is 0 Å². The SMILES string of the molecule is Clc1ccc(N2CCCNCC2)cn1.O=C(O)/C=C/C(=O)O. The Labute approximate surface area is 133 Å². The fourth-order valence-corrected chi connectivity index (χ4v) is 1.91. The van der Waals surface area contributed by atoms with Gasteiger partial charge in [0.05, 0.1) is 11.9 Å². The molecule has 0 spiro atoms. The number of aromatic nitrogens is 1. The van der Waals surface area contributed by atoms with E-state index < -0.39 is 11.9 Å². The molecule has 0 amide bonds. The quantitative estimate of drug-likeness (QED) is 0.567. The second-order valence-corrected chi connectivity index (χ2v) is 4.83. The number of hydrogen-bond acceptors (Lipinski definition) is 5. The van der Waals surface area contributed by atoms with Gasteiger partial charge in [0.1, 0.15) is 5.15 Å². The average Bonchev–Trinajstić information content (AvgIpc) is 2.76. The number of anilines is 1. The molecule has 0 radical (unpaired) electrons. The Morgan fingerprint density at radius 1 is 1.18 bits per heavy atom. The maximum atomic E-state index is 9.55. The Morgan fingerprint density at radius 2 is 1.86 bits per heavy atom. The largest absolute Gasteiger partial charge is 0.478 e. The molecule has 2 heterocycles. The Balaban J connectivity index is 0.000000261. The van der Waals surface area contributed by atoms with E-state index in [0.29, 0.717) is 17.3 Å². The van der Waals surface area contributed by atoms with Crippen molar-refractivity contribution in [2.75, 3.05) is 31.1 Å². The molecule has 1 aromatic rings. The first-order valence-electron chi connectivity index (χ1n) is 6.70. The summed E-state index contributed by atoms with van der Waals surface area (Å²) in [6.07, 6.45) is 4.14. The number of rotatable bonds is 3. The molecule has 0 bridgehead atoms. The zero-order valence-corrected chi connectivity index (χ0v) is 12.7. The lowest BCUT2D eigenvalue weighted by atomic mass is 10.3. The molecule has 7 nitrogen and oxygen atoms in total. The molecule has 0 atom stereocenters. The van der Waals surface area contributed by atoms with Crippen LogP contribution in [0.1, 0.15) is 6.42 Å². The third-order valence-corrected chi connectivity index (χ3v) is 3.01. The van der Waals surface area contributed by atoms with Crippen LogP contribution in [0.3, 0.4) is 0 Å². The third kappa shape index (κ3) is 7.61. The van der Waals surface area contributed by atoms with Crippen molar-refractivity contribution in [1.82, 2.24) is 10.3 Å². The number of halogens is 1. The van der Waals surface area contributed by atoms with Crippen LogP contribution in [-0.4, -0.2) is 53.3 Å². The molecule has 1 saturated heterocycles. The maximum absolute atomic E-state index is 9.55. The number of nitrogens with one attached hydrogen (secondary N) is 1. The Morgan fingerprint density at radius 3 is 2.41 bits per heavy atom. The summed E-state index contributed by atoms with van der Waals surface area (Å²) >= 11 is 5.74. The third-order valence-electron chi connectivity index (χ3n) is 2.79. The molecule has 120 valence electrons. The van der Waals surface area contributed by atoms with E-state index in [1.165, 1.54) is 6.42 Å². The van der Waals surface area contributed by atoms with Crippen LogP contribution in [0.25, 0.3) is 0 Å². The van der Waals surface area contributed by atoms with E-state index in [4.69, 9.17) is 21.8 Å². The molecule has 0 saturated carbocycles. The first-order chi connectivity index (χ1) is 10.5. The molecule has 0 aromatic carbocycles. The van der Waals surface area contributed by atoms with Gasteiger partial charge in [-0.25, -0.2) is 14.6 Å². The van der Waals surface area contributed by atoms with Crippen LogP contribution in [0.4, 0.5) is 5.69 Å². The van der Waals surface area contributed by atoms with E-state index in [1.54, 1.807) is 0 Å². The summed E-state index contributed by atoms with van der Waals surface area (Å²) in [6, 6.07) is 3.87. The van der Waals surface area contributed by atoms with Gasteiger partial charge in [-0.3, -0.25) is 0 Å². The molecule has 1 aromatic heterocycles. The first kappa shape index (κ1) is 17.9. The topological polar surface area (TPSA) is 103 Å². The van der Waals surface area contributed by atoms with Gasteiger partial charge in [0.15, 0.2) is 0 Å². The van der Waals surface area contributed by atoms with Gasteiger partial charge in [0.25, 0.3) is 0 Å². The molecule has 1 aliphatic rings. The fourth-order valence-electron chi connectivity index (χ4n) is 1.80. The van der Waals surface area contributed by atoms with E-state index in [9.17, 15) is 9.59 Å². The summed E-state index contributed by atoms with van der Waals surface area (Å²) in [5.74, 6) is -2.51. The summed E-state index contributed by atoms with van der Waals surface area (Å²) in [4.78, 5) is 25.5. The summed E-state index contributed by atoms with van der Waals surface area (Å²) in [5, 5.41) is 19.6. The minimum absolute atomic E-state index is 0.557. The highest BCUT2D eigenvalue weighted by Gasteiger charge is 2.08. The standard InChI is InChI=1S/C10H14ClN3.C4H4O4/c11-10-3-2-9(8-13-10)14-6-1-4-12-5-7-14;5-3(6)1-2-4(7)8/h2-3,8,12H,1,4-7H2;1-2H,(H,5,6)(H,7,8)/b;2-1+. The molecular formula is C14H18ClN3O4. The number of carboxylic acids is 2. The van der Waals surface area contributed by atoms with Crippen molar-refractivity contribution >= 4 is 29.2 Å². The molecule has 1 aliphatic heterocycles. The predicted octanol–water partition coefficient (Wildman–Crippen LogP) is 1.25. The second-order valence-electron chi connectivity index (χ2n) is 4.44. The van der Waals surface area contributed by atoms with Crippen LogP contribution < -0.4 is 10.2 Å². The average molecular weight is 328 g/mol. The molecule has 1 fully saturated rings. The molecule has 0 aliphatic carbocycles. The first-order valence-corrected chi connectivity index (χ1v) is 7.08. The number of carbonyl (C=O) groups is 2. The van der Waals surface area contributed by atoms with Gasteiger partial charge in [0.2, 0.25) is 0 Å². The number of pyridine rings is 1. The highest BCUT2D eigenvalue weighted by Crippen LogP contribution is 2.15. The normalized spacial score (nSPS) is 14.9. The van der Waals surface area contributed by atoms with Crippen molar-refractivity contribution < 1.29 is 19.8 Å². The van der Waals surface area contributed by atoms with E-state index in [0.717, 1.165) is 31.9 Å². The Hall–Kier alpha value is -2.12. The molecule has 0 unspecified atom stereocenters. The lowest BCUT2D eigenvalue weighted by Crippen LogP contribution is -2.27. The fraction of sp³-hybridized carbons (Fsp3) is 0.357. The van der Waals surface area contributed by atoms with Gasteiger partial charge in [0, 0.05) is 31.8 Å². The van der Waals surface area contributed by atoms with Crippen LogP contribution >= 0.6 is 11.6 Å². The molecular weight excluding hydrogens is 310 g/mol. The van der Waals surface area contributed by atoms with Crippen molar-refractivity contribution in [2.24, 2.45) is 0 Å². The van der Waals surface area contributed by atoms with Gasteiger partial charge in [-0.05, 0) is 25.1 Å². The van der Waals surface area contributed by atoms with Crippen molar-refractivity contribution in [3.8, 4) is 0 Å². The minimum Gasteiger partial charge on any atom is -0.478 e. The van der Waals surface area contributed by atoms with Crippen molar-refractivity contribution in [1.29, 1.82) is 0 Å². The zero-order valence-electron chi connectivity index (χ0n) is 11.9. The molecule has 3 N–H and O–H groups in total. The monoisotopic (exact) mass is 327 g/mol. The Bertz CT molecular complexity index is 495. The summed E-state index contributed by atoms with van der Waals surface area (Å²) in [5.41, 5.74) is 1.16. The number of carboxylic acid groups (broad SMARTS) is 2. The van der Waals surface area contributed by atoms with Crippen LogP contribution in [-0.2, 0) is 9.59 Å². The lowest BCUT2D eigenvalue weighted by Gasteiger charge is -2.21. The van der Waals surface area contributed by atoms with Gasteiger partial charge >= 0.3 is 11.9 Å². The van der Waals surface area contributed by atoms with Gasteiger partial charge in [-0.1, -0.05) is 11.6 Å². The van der Waals surface area contributed by atoms with Gasteiger partial charge in [-0.2, -0.15) is 0 Å². The van der Waals surface area contributed by atoms with Crippen molar-refractivity contribution in [2.45, 2.75) is 6.42 Å². The number of hydrogen-bond donors (Lipinski definition) is 3. The van der Waals surface area contributed by atoms with Crippen LogP contribution in [0, 0.1) is 0 Å². The van der Waals surface area contributed by atoms with E-state index in [2.05, 4.69) is 15.2 Å². The highest BCUT2D eigenvalue weighted by molar-refractivity contribution is 6.29. The minimum atomic E-state index is -1.26. The smallest absolute Gasteiger partial charge is 0.328 e. The molecule has 8 heteroatoms. The van der Waals surface area contributed by atoms with Crippen molar-refractivity contribution in [3.05, 3.63) is 35.6 Å². The molecule has 2 rings (SSSR count). The van der Waals surface area contributed by atoms with Gasteiger partial charge in [-0.15, -0.1) is 0 Å². The Kier molecular flexibility index (Phi) is 7.95. The second kappa shape index (κ2) is 9.75. The van der Waals surface area contributed by atoms with Crippen LogP contribution in [0.15, 0.2) is 30.5 Å². The van der Waals surface area contributed by atoms with Gasteiger partial charge < -0.3 is 20.4 Å². The summed E-state index contributed by atoms with van der Waals surface area (Å²) < 4.78 is 0. The highest BCUT2D eigenvalue weighted by atomic mass is 35.5. The summed E-state index contributed by atoms with van der Waals surface area (Å²) in [6.45, 7) is 4.29. The zero-order chi connectivity index (χ0) is 16.4.